The summed E-state index contributed by atoms with van der Waals surface area (Å²) in [7, 11) is 0. The summed E-state index contributed by atoms with van der Waals surface area (Å²) in [6, 6.07) is 9.11. The lowest BCUT2D eigenvalue weighted by atomic mass is 9.88. The molecule has 0 saturated carbocycles. The van der Waals surface area contributed by atoms with Gasteiger partial charge in [0.2, 0.25) is 0 Å². The number of thioether (sulfide) groups is 1. The Balaban J connectivity index is 2.53. The zero-order chi connectivity index (χ0) is 13.6. The number of nitrogens with one attached hydrogen (secondary N) is 1. The first-order chi connectivity index (χ1) is 8.43. The summed E-state index contributed by atoms with van der Waals surface area (Å²) in [5, 5.41) is 3.66. The minimum atomic E-state index is 0.303. The summed E-state index contributed by atoms with van der Waals surface area (Å²) < 4.78 is 1.14. The van der Waals surface area contributed by atoms with Crippen molar-refractivity contribution >= 4 is 27.7 Å². The molecule has 0 saturated heterocycles. The number of rotatable bonds is 6. The highest BCUT2D eigenvalue weighted by molar-refractivity contribution is 9.10. The molecular formula is C15H24BrNS. The van der Waals surface area contributed by atoms with Crippen molar-refractivity contribution in [1.29, 1.82) is 0 Å². The van der Waals surface area contributed by atoms with Gasteiger partial charge in [-0.1, -0.05) is 43.6 Å². The van der Waals surface area contributed by atoms with E-state index in [0.717, 1.165) is 16.8 Å². The third kappa shape index (κ3) is 5.77. The van der Waals surface area contributed by atoms with Crippen LogP contribution >= 0.6 is 27.7 Å². The van der Waals surface area contributed by atoms with E-state index in [9.17, 15) is 0 Å². The van der Waals surface area contributed by atoms with E-state index in [1.54, 1.807) is 0 Å². The third-order valence-corrected chi connectivity index (χ3v) is 4.55. The average Bonchev–Trinajstić information content (AvgIpc) is 2.30. The fourth-order valence-electron chi connectivity index (χ4n) is 1.64. The minimum Gasteiger partial charge on any atom is -0.313 e. The van der Waals surface area contributed by atoms with Gasteiger partial charge in [-0.05, 0) is 42.6 Å². The standard InChI is InChI=1S/C15H24BrNS/c1-5-10-17-14(15(2,3)4)11-18-13-8-6-12(16)7-9-13/h6-9,14,17H,5,10-11H2,1-4H3. The van der Waals surface area contributed by atoms with E-state index in [2.05, 4.69) is 73.2 Å². The lowest BCUT2D eigenvalue weighted by molar-refractivity contribution is 0.292. The van der Waals surface area contributed by atoms with Gasteiger partial charge in [-0.2, -0.15) is 0 Å². The molecule has 1 N–H and O–H groups in total. The van der Waals surface area contributed by atoms with Gasteiger partial charge in [-0.3, -0.25) is 0 Å². The van der Waals surface area contributed by atoms with E-state index in [1.165, 1.54) is 11.3 Å². The first-order valence-corrected chi connectivity index (χ1v) is 8.33. The van der Waals surface area contributed by atoms with Gasteiger partial charge >= 0.3 is 0 Å². The van der Waals surface area contributed by atoms with E-state index >= 15 is 0 Å². The molecule has 18 heavy (non-hydrogen) atoms. The summed E-state index contributed by atoms with van der Waals surface area (Å²) in [6.07, 6.45) is 1.19. The van der Waals surface area contributed by atoms with Gasteiger partial charge in [0.25, 0.3) is 0 Å². The highest BCUT2D eigenvalue weighted by Gasteiger charge is 2.23. The summed E-state index contributed by atoms with van der Waals surface area (Å²) in [5.41, 5.74) is 0.303. The Morgan fingerprint density at radius 1 is 1.22 bits per heavy atom. The fraction of sp³-hybridized carbons (Fsp3) is 0.600. The summed E-state index contributed by atoms with van der Waals surface area (Å²) in [5.74, 6) is 1.12. The predicted molar refractivity (Wildman–Crippen MR) is 86.4 cm³/mol. The van der Waals surface area contributed by atoms with E-state index in [4.69, 9.17) is 0 Å². The van der Waals surface area contributed by atoms with Crippen LogP contribution in [0.4, 0.5) is 0 Å². The topological polar surface area (TPSA) is 12.0 Å². The summed E-state index contributed by atoms with van der Waals surface area (Å²) >= 11 is 5.40. The van der Waals surface area contributed by atoms with Crippen molar-refractivity contribution < 1.29 is 0 Å². The zero-order valence-corrected chi connectivity index (χ0v) is 14.2. The maximum Gasteiger partial charge on any atom is 0.0210 e. The fourth-order valence-corrected chi connectivity index (χ4v) is 3.21. The molecule has 0 amide bonds. The van der Waals surface area contributed by atoms with E-state index in [-0.39, 0.29) is 0 Å². The summed E-state index contributed by atoms with van der Waals surface area (Å²) in [6.45, 7) is 10.2. The molecule has 102 valence electrons. The first kappa shape index (κ1) is 16.1. The van der Waals surface area contributed by atoms with Crippen LogP contribution in [-0.4, -0.2) is 18.3 Å². The predicted octanol–water partition coefficient (Wildman–Crippen LogP) is 4.96. The third-order valence-electron chi connectivity index (χ3n) is 2.92. The van der Waals surface area contributed by atoms with Crippen LogP contribution in [0, 0.1) is 5.41 Å². The van der Waals surface area contributed by atoms with Crippen molar-refractivity contribution in [3.05, 3.63) is 28.7 Å². The van der Waals surface area contributed by atoms with Crippen LogP contribution in [-0.2, 0) is 0 Å². The molecular weight excluding hydrogens is 306 g/mol. The van der Waals surface area contributed by atoms with Crippen LogP contribution in [0.3, 0.4) is 0 Å². The molecule has 3 heteroatoms. The Bertz CT molecular complexity index is 343. The highest BCUT2D eigenvalue weighted by atomic mass is 79.9. The second kappa shape index (κ2) is 7.56. The molecule has 0 aliphatic rings. The Kier molecular flexibility index (Phi) is 6.75. The van der Waals surface area contributed by atoms with Crippen LogP contribution in [0.1, 0.15) is 34.1 Å². The van der Waals surface area contributed by atoms with Crippen LogP contribution in [0.15, 0.2) is 33.6 Å². The molecule has 0 bridgehead atoms. The number of halogens is 1. The minimum absolute atomic E-state index is 0.303. The Labute approximate surface area is 124 Å². The van der Waals surface area contributed by atoms with Crippen molar-refractivity contribution in [2.24, 2.45) is 5.41 Å². The van der Waals surface area contributed by atoms with Crippen LogP contribution in [0.2, 0.25) is 0 Å². The van der Waals surface area contributed by atoms with Gasteiger partial charge < -0.3 is 5.32 Å². The molecule has 1 aromatic rings. The number of hydrogen-bond donors (Lipinski definition) is 1. The van der Waals surface area contributed by atoms with E-state index in [0.29, 0.717) is 11.5 Å². The molecule has 1 rings (SSSR count). The second-order valence-corrected chi connectivity index (χ2v) is 7.65. The molecule has 1 atom stereocenters. The smallest absolute Gasteiger partial charge is 0.0210 e. The number of hydrogen-bond acceptors (Lipinski definition) is 2. The SMILES string of the molecule is CCCNC(CSc1ccc(Br)cc1)C(C)(C)C. The van der Waals surface area contributed by atoms with Gasteiger partial charge in [-0.15, -0.1) is 11.8 Å². The molecule has 0 radical (unpaired) electrons. The van der Waals surface area contributed by atoms with Crippen LogP contribution in [0.25, 0.3) is 0 Å². The van der Waals surface area contributed by atoms with Crippen LogP contribution < -0.4 is 5.32 Å². The van der Waals surface area contributed by atoms with E-state index in [1.807, 2.05) is 11.8 Å². The molecule has 1 nitrogen and oxygen atoms in total. The zero-order valence-electron chi connectivity index (χ0n) is 11.8. The molecule has 1 aromatic carbocycles. The van der Waals surface area contributed by atoms with E-state index < -0.39 is 0 Å². The molecule has 0 fully saturated rings. The molecule has 0 heterocycles. The van der Waals surface area contributed by atoms with Gasteiger partial charge in [0.15, 0.2) is 0 Å². The van der Waals surface area contributed by atoms with Crippen molar-refractivity contribution in [1.82, 2.24) is 5.32 Å². The molecule has 0 spiro atoms. The van der Waals surface area contributed by atoms with Crippen molar-refractivity contribution in [3.63, 3.8) is 0 Å². The van der Waals surface area contributed by atoms with Gasteiger partial charge in [0.05, 0.1) is 0 Å². The largest absolute Gasteiger partial charge is 0.313 e. The van der Waals surface area contributed by atoms with Gasteiger partial charge in [0, 0.05) is 21.2 Å². The highest BCUT2D eigenvalue weighted by Crippen LogP contribution is 2.27. The molecule has 0 aromatic heterocycles. The lowest BCUT2D eigenvalue weighted by Gasteiger charge is -2.31. The Morgan fingerprint density at radius 3 is 2.33 bits per heavy atom. The maximum atomic E-state index is 3.66. The Morgan fingerprint density at radius 2 is 1.83 bits per heavy atom. The van der Waals surface area contributed by atoms with Gasteiger partial charge in [-0.25, -0.2) is 0 Å². The monoisotopic (exact) mass is 329 g/mol. The quantitative estimate of drug-likeness (QED) is 0.740. The second-order valence-electron chi connectivity index (χ2n) is 5.64. The normalized spacial score (nSPS) is 13.6. The maximum absolute atomic E-state index is 3.66. The lowest BCUT2D eigenvalue weighted by Crippen LogP contribution is -2.42. The van der Waals surface area contributed by atoms with Crippen molar-refractivity contribution in [3.8, 4) is 0 Å². The summed E-state index contributed by atoms with van der Waals surface area (Å²) in [4.78, 5) is 1.34. The Hall–Kier alpha value is 0.01000. The van der Waals surface area contributed by atoms with Crippen molar-refractivity contribution in [2.45, 2.75) is 45.1 Å². The molecule has 0 aliphatic carbocycles. The first-order valence-electron chi connectivity index (χ1n) is 6.55. The van der Waals surface area contributed by atoms with Gasteiger partial charge in [0.1, 0.15) is 0 Å². The number of benzene rings is 1. The van der Waals surface area contributed by atoms with Crippen LogP contribution in [0.5, 0.6) is 0 Å². The molecule has 0 aliphatic heterocycles. The molecule has 1 unspecified atom stereocenters. The van der Waals surface area contributed by atoms with Crippen molar-refractivity contribution in [2.75, 3.05) is 12.3 Å². The average molecular weight is 330 g/mol.